The van der Waals surface area contributed by atoms with Crippen LogP contribution in [0.2, 0.25) is 0 Å². The van der Waals surface area contributed by atoms with Crippen molar-refractivity contribution >= 4 is 34.3 Å². The molecule has 36 heavy (non-hydrogen) atoms. The summed E-state index contributed by atoms with van der Waals surface area (Å²) < 4.78 is 51.0. The average Bonchev–Trinajstić information content (AvgIpc) is 3.54. The van der Waals surface area contributed by atoms with Crippen LogP contribution in [0.5, 0.6) is 0 Å². The summed E-state index contributed by atoms with van der Waals surface area (Å²) in [5.74, 6) is 2.13. The molecule has 1 atom stereocenters. The van der Waals surface area contributed by atoms with E-state index in [-0.39, 0.29) is 34.6 Å². The Morgan fingerprint density at radius 3 is 2.36 bits per heavy atom. The highest BCUT2D eigenvalue weighted by atomic mass is 32.2. The van der Waals surface area contributed by atoms with Crippen LogP contribution in [0.4, 0.5) is 24.9 Å². The number of aliphatic hydroxyl groups excluding tert-OH is 1. The molecular formula is C25H29F3N4O2S2. The van der Waals surface area contributed by atoms with Gasteiger partial charge in [0, 0.05) is 29.2 Å². The van der Waals surface area contributed by atoms with E-state index < -0.39 is 21.8 Å². The molecule has 2 saturated carbocycles. The fourth-order valence-corrected chi connectivity index (χ4v) is 8.10. The molecule has 2 aliphatic heterocycles. The van der Waals surface area contributed by atoms with E-state index in [4.69, 9.17) is 9.97 Å². The first-order valence-electron chi connectivity index (χ1n) is 12.5. The van der Waals surface area contributed by atoms with Crippen molar-refractivity contribution in [2.75, 3.05) is 35.7 Å². The van der Waals surface area contributed by atoms with Crippen molar-refractivity contribution in [2.24, 2.45) is 0 Å². The minimum absolute atomic E-state index is 0.0184. The van der Waals surface area contributed by atoms with Gasteiger partial charge in [-0.15, -0.1) is 0 Å². The Morgan fingerprint density at radius 2 is 1.81 bits per heavy atom. The maximum atomic E-state index is 13.1. The first-order chi connectivity index (χ1) is 17.2. The maximum absolute atomic E-state index is 13.1. The quantitative estimate of drug-likeness (QED) is 0.504. The second-order valence-corrected chi connectivity index (χ2v) is 13.1. The van der Waals surface area contributed by atoms with Crippen molar-refractivity contribution in [3.63, 3.8) is 0 Å². The maximum Gasteiger partial charge on any atom is 0.446 e. The Kier molecular flexibility index (Phi) is 6.03. The highest BCUT2D eigenvalue weighted by Gasteiger charge is 2.55. The second kappa shape index (κ2) is 8.87. The van der Waals surface area contributed by atoms with Gasteiger partial charge in [0.25, 0.3) is 0 Å². The number of nitrogens with one attached hydrogen (secondary N) is 1. The van der Waals surface area contributed by atoms with Gasteiger partial charge in [-0.05, 0) is 80.3 Å². The Balaban J connectivity index is 1.21. The third kappa shape index (κ3) is 4.51. The van der Waals surface area contributed by atoms with Crippen LogP contribution in [0, 0.1) is 0 Å². The van der Waals surface area contributed by atoms with Crippen molar-refractivity contribution in [1.82, 2.24) is 9.97 Å². The fraction of sp³-hybridized carbons (Fsp3) is 0.600. The molecule has 0 amide bonds. The number of piperidine rings is 1. The summed E-state index contributed by atoms with van der Waals surface area (Å²) in [6, 6.07) is 6.71. The van der Waals surface area contributed by atoms with Crippen LogP contribution in [-0.4, -0.2) is 55.8 Å². The van der Waals surface area contributed by atoms with E-state index in [1.165, 1.54) is 0 Å². The number of anilines is 2. The lowest BCUT2D eigenvalue weighted by Crippen LogP contribution is -2.49. The molecule has 6 rings (SSSR count). The first kappa shape index (κ1) is 24.5. The van der Waals surface area contributed by atoms with E-state index in [9.17, 15) is 22.5 Å². The Labute approximate surface area is 214 Å². The van der Waals surface area contributed by atoms with Crippen molar-refractivity contribution in [3.05, 3.63) is 35.5 Å². The summed E-state index contributed by atoms with van der Waals surface area (Å²) in [7, 11) is -1.14. The Bertz CT molecular complexity index is 1170. The highest BCUT2D eigenvalue weighted by molar-refractivity contribution is 8.00. The van der Waals surface area contributed by atoms with Gasteiger partial charge in [0.15, 0.2) is 0 Å². The predicted molar refractivity (Wildman–Crippen MR) is 134 cm³/mol. The summed E-state index contributed by atoms with van der Waals surface area (Å²) in [6.07, 6.45) is 6.47. The van der Waals surface area contributed by atoms with Gasteiger partial charge >= 0.3 is 5.51 Å². The smallest absolute Gasteiger partial charge is 0.394 e. The number of thioether (sulfide) groups is 1. The number of aliphatic hydroxyl groups is 1. The molecule has 1 saturated heterocycles. The van der Waals surface area contributed by atoms with Crippen LogP contribution < -0.4 is 10.2 Å². The monoisotopic (exact) mass is 538 g/mol. The first-order valence-corrected chi connectivity index (χ1v) is 14.6. The van der Waals surface area contributed by atoms with Gasteiger partial charge in [0.05, 0.1) is 28.6 Å². The van der Waals surface area contributed by atoms with Crippen LogP contribution in [0.3, 0.4) is 0 Å². The molecule has 1 spiro atoms. The molecule has 0 bridgehead atoms. The van der Waals surface area contributed by atoms with E-state index >= 15 is 0 Å². The van der Waals surface area contributed by atoms with Crippen LogP contribution in [0.25, 0.3) is 0 Å². The van der Waals surface area contributed by atoms with Crippen LogP contribution in [0.1, 0.15) is 62.1 Å². The molecule has 0 unspecified atom stereocenters. The molecule has 194 valence electrons. The Morgan fingerprint density at radius 1 is 1.11 bits per heavy atom. The molecule has 3 fully saturated rings. The van der Waals surface area contributed by atoms with Crippen molar-refractivity contribution in [3.8, 4) is 0 Å². The number of benzene rings is 1. The fourth-order valence-electron chi connectivity index (χ4n) is 5.70. The largest absolute Gasteiger partial charge is 0.446 e. The molecule has 6 nitrogen and oxygen atoms in total. The summed E-state index contributed by atoms with van der Waals surface area (Å²) >= 11 is -0.0872. The summed E-state index contributed by atoms with van der Waals surface area (Å²) in [6.45, 7) is 1.50. The van der Waals surface area contributed by atoms with Crippen LogP contribution in [0.15, 0.2) is 34.1 Å². The standard InChI is InChI=1S/C25H29F3N4O2S2/c26-25(27,28)35-18-4-2-16(3-5-18)17-6-12-32(13-7-17)22-29-20-19(36(34)15-23(20)10-11-23)21(30-22)31-24(14-33)8-1-9-24/h2-5,17,33H,1,6-15H2,(H,29,30,31)/t36-/m1/s1. The lowest BCUT2D eigenvalue weighted by molar-refractivity contribution is -0.0328. The molecule has 2 N–H and O–H groups in total. The number of hydrogen-bond acceptors (Lipinski definition) is 7. The summed E-state index contributed by atoms with van der Waals surface area (Å²) in [4.78, 5) is 12.9. The number of halogens is 3. The van der Waals surface area contributed by atoms with E-state index in [0.29, 0.717) is 17.5 Å². The number of aromatic nitrogens is 2. The zero-order valence-electron chi connectivity index (χ0n) is 19.8. The zero-order chi connectivity index (χ0) is 25.1. The number of nitrogens with zero attached hydrogens (tertiary/aromatic N) is 3. The molecule has 2 aliphatic carbocycles. The lowest BCUT2D eigenvalue weighted by Gasteiger charge is -2.42. The third-order valence-corrected chi connectivity index (χ3v) is 10.6. The number of alkyl halides is 3. The molecule has 4 aliphatic rings. The lowest BCUT2D eigenvalue weighted by atomic mass is 9.77. The summed E-state index contributed by atoms with van der Waals surface area (Å²) in [5.41, 5.74) is -2.79. The van der Waals surface area contributed by atoms with Crippen molar-refractivity contribution < 1.29 is 22.5 Å². The van der Waals surface area contributed by atoms with Crippen molar-refractivity contribution in [2.45, 2.75) is 77.1 Å². The molecular weight excluding hydrogens is 509 g/mol. The van der Waals surface area contributed by atoms with Gasteiger partial charge in [-0.1, -0.05) is 12.1 Å². The number of hydrogen-bond donors (Lipinski definition) is 2. The minimum atomic E-state index is -4.28. The van der Waals surface area contributed by atoms with Crippen LogP contribution in [-0.2, 0) is 16.2 Å². The molecule has 2 aromatic rings. The van der Waals surface area contributed by atoms with Gasteiger partial charge in [0.1, 0.15) is 10.7 Å². The van der Waals surface area contributed by atoms with Gasteiger partial charge in [-0.3, -0.25) is 4.21 Å². The molecule has 1 aromatic heterocycles. The highest BCUT2D eigenvalue weighted by Crippen LogP contribution is 2.56. The molecule has 11 heteroatoms. The second-order valence-electron chi connectivity index (χ2n) is 10.6. The van der Waals surface area contributed by atoms with Gasteiger partial charge in [0.2, 0.25) is 5.95 Å². The minimum Gasteiger partial charge on any atom is -0.394 e. The van der Waals surface area contributed by atoms with E-state index in [1.807, 2.05) is 0 Å². The molecule has 1 aromatic carbocycles. The van der Waals surface area contributed by atoms with Crippen LogP contribution >= 0.6 is 11.8 Å². The van der Waals surface area contributed by atoms with E-state index in [2.05, 4.69) is 10.2 Å². The van der Waals surface area contributed by atoms with Crippen molar-refractivity contribution in [1.29, 1.82) is 0 Å². The SMILES string of the molecule is O=[S@@]1CC2(CC2)c2nc(N3CCC(c4ccc(SC(F)(F)F)cc4)CC3)nc(NC3(CO)CCC3)c21. The van der Waals surface area contributed by atoms with E-state index in [1.54, 1.807) is 24.3 Å². The van der Waals surface area contributed by atoms with E-state index in [0.717, 1.165) is 74.2 Å². The number of rotatable bonds is 6. The summed E-state index contributed by atoms with van der Waals surface area (Å²) in [5, 5.41) is 13.5. The zero-order valence-corrected chi connectivity index (χ0v) is 21.4. The van der Waals surface area contributed by atoms with Gasteiger partial charge < -0.3 is 15.3 Å². The third-order valence-electron chi connectivity index (χ3n) is 8.20. The molecule has 3 heterocycles. The predicted octanol–water partition coefficient (Wildman–Crippen LogP) is 4.95. The molecule has 0 radical (unpaired) electrons. The Hall–Kier alpha value is -1.85. The topological polar surface area (TPSA) is 78.4 Å². The number of fused-ring (bicyclic) bond motifs is 2. The normalized spacial score (nSPS) is 24.4. The van der Waals surface area contributed by atoms with Gasteiger partial charge in [-0.25, -0.2) is 4.98 Å². The average molecular weight is 539 g/mol. The van der Waals surface area contributed by atoms with Gasteiger partial charge in [-0.2, -0.15) is 18.2 Å².